The first-order valence-electron chi connectivity index (χ1n) is 6.59. The summed E-state index contributed by atoms with van der Waals surface area (Å²) in [7, 11) is 1.84. The van der Waals surface area contributed by atoms with E-state index in [1.807, 2.05) is 14.0 Å². The lowest BCUT2D eigenvalue weighted by molar-refractivity contribution is -0.115. The number of carbonyl (C=O) groups is 1. The third-order valence-corrected chi connectivity index (χ3v) is 4.61. The van der Waals surface area contributed by atoms with Crippen molar-refractivity contribution in [2.75, 3.05) is 5.32 Å². The van der Waals surface area contributed by atoms with Gasteiger partial charge in [-0.2, -0.15) is 0 Å². The Labute approximate surface area is 131 Å². The fourth-order valence-corrected chi connectivity index (χ4v) is 3.28. The van der Waals surface area contributed by atoms with Crippen LogP contribution >= 0.6 is 23.1 Å². The van der Waals surface area contributed by atoms with Gasteiger partial charge in [-0.15, -0.1) is 20.4 Å². The normalized spacial score (nSPS) is 12.6. The topological polar surface area (TPSA) is 85.6 Å². The van der Waals surface area contributed by atoms with Gasteiger partial charge in [-0.25, -0.2) is 0 Å². The third-order valence-electron chi connectivity index (χ3n) is 2.60. The zero-order valence-corrected chi connectivity index (χ0v) is 14.0. The quantitative estimate of drug-likeness (QED) is 0.817. The van der Waals surface area contributed by atoms with E-state index in [1.54, 1.807) is 10.9 Å². The largest absolute Gasteiger partial charge is 0.312 e. The number of anilines is 1. The molecule has 0 saturated carbocycles. The molecule has 0 aliphatic carbocycles. The second-order valence-corrected chi connectivity index (χ2v) is 7.44. The van der Waals surface area contributed by atoms with E-state index in [2.05, 4.69) is 39.6 Å². The average Bonchev–Trinajstić information content (AvgIpc) is 2.99. The molecule has 114 valence electrons. The molecule has 0 bridgehead atoms. The first-order chi connectivity index (χ1) is 9.95. The van der Waals surface area contributed by atoms with Crippen molar-refractivity contribution in [2.24, 2.45) is 13.0 Å². The summed E-state index contributed by atoms with van der Waals surface area (Å²) in [5.41, 5.74) is 0. The van der Waals surface area contributed by atoms with E-state index in [0.29, 0.717) is 16.2 Å². The predicted molar refractivity (Wildman–Crippen MR) is 83.4 cm³/mol. The van der Waals surface area contributed by atoms with Crippen molar-refractivity contribution in [3.8, 4) is 0 Å². The van der Waals surface area contributed by atoms with Gasteiger partial charge in [0.15, 0.2) is 5.16 Å². The van der Waals surface area contributed by atoms with Gasteiger partial charge in [-0.3, -0.25) is 10.1 Å². The highest BCUT2D eigenvalue weighted by Crippen LogP contribution is 2.23. The van der Waals surface area contributed by atoms with E-state index in [-0.39, 0.29) is 11.2 Å². The summed E-state index contributed by atoms with van der Waals surface area (Å²) in [6.07, 6.45) is 2.48. The van der Waals surface area contributed by atoms with Crippen molar-refractivity contribution in [3.05, 3.63) is 11.3 Å². The number of carbonyl (C=O) groups excluding carboxylic acids is 1. The van der Waals surface area contributed by atoms with Gasteiger partial charge in [0.1, 0.15) is 11.3 Å². The van der Waals surface area contributed by atoms with Crippen LogP contribution in [0.2, 0.25) is 0 Å². The lowest BCUT2D eigenvalue weighted by Gasteiger charge is -2.08. The first kappa shape index (κ1) is 15.9. The van der Waals surface area contributed by atoms with Crippen LogP contribution in [0.4, 0.5) is 5.13 Å². The number of amides is 1. The highest BCUT2D eigenvalue weighted by atomic mass is 32.2. The van der Waals surface area contributed by atoms with E-state index in [9.17, 15) is 4.79 Å². The maximum Gasteiger partial charge on any atom is 0.239 e. The third kappa shape index (κ3) is 4.50. The lowest BCUT2D eigenvalue weighted by atomic mass is 10.1. The molecular weight excluding hydrogens is 308 g/mol. The molecule has 1 amide bonds. The Hall–Kier alpha value is -1.48. The Bertz CT molecular complexity index is 608. The van der Waals surface area contributed by atoms with E-state index >= 15 is 0 Å². The molecule has 0 aromatic carbocycles. The van der Waals surface area contributed by atoms with Crippen LogP contribution in [0.5, 0.6) is 0 Å². The lowest BCUT2D eigenvalue weighted by Crippen LogP contribution is -2.22. The maximum atomic E-state index is 12.1. The van der Waals surface area contributed by atoms with Crippen molar-refractivity contribution in [3.63, 3.8) is 0 Å². The van der Waals surface area contributed by atoms with E-state index in [4.69, 9.17) is 0 Å². The zero-order chi connectivity index (χ0) is 15.4. The van der Waals surface area contributed by atoms with Gasteiger partial charge >= 0.3 is 0 Å². The van der Waals surface area contributed by atoms with Crippen LogP contribution in [0.1, 0.15) is 25.8 Å². The minimum Gasteiger partial charge on any atom is -0.312 e. The van der Waals surface area contributed by atoms with Gasteiger partial charge < -0.3 is 4.57 Å². The molecule has 0 aliphatic rings. The number of nitrogens with zero attached hydrogens (tertiary/aromatic N) is 5. The second-order valence-electron chi connectivity index (χ2n) is 5.07. The predicted octanol–water partition coefficient (Wildman–Crippen LogP) is 1.98. The molecule has 1 N–H and O–H groups in total. The Morgan fingerprint density at radius 2 is 2.14 bits per heavy atom. The zero-order valence-electron chi connectivity index (χ0n) is 12.4. The van der Waals surface area contributed by atoms with Gasteiger partial charge in [-0.05, 0) is 12.8 Å². The molecule has 2 rings (SSSR count). The summed E-state index contributed by atoms with van der Waals surface area (Å²) in [6, 6.07) is 0. The summed E-state index contributed by atoms with van der Waals surface area (Å²) in [4.78, 5) is 12.1. The molecule has 2 heterocycles. The molecule has 7 nitrogen and oxygen atoms in total. The number of hydrogen-bond donors (Lipinski definition) is 1. The van der Waals surface area contributed by atoms with Gasteiger partial charge in [0.2, 0.25) is 11.0 Å². The second kappa shape index (κ2) is 6.99. The van der Waals surface area contributed by atoms with Gasteiger partial charge in [0, 0.05) is 13.5 Å². The molecule has 0 radical (unpaired) electrons. The van der Waals surface area contributed by atoms with Crippen LogP contribution in [0, 0.1) is 5.92 Å². The van der Waals surface area contributed by atoms with Crippen LogP contribution in [-0.2, 0) is 18.3 Å². The minimum atomic E-state index is -0.287. The molecule has 0 fully saturated rings. The monoisotopic (exact) mass is 326 g/mol. The highest BCUT2D eigenvalue weighted by molar-refractivity contribution is 8.00. The van der Waals surface area contributed by atoms with Crippen LogP contribution < -0.4 is 5.32 Å². The van der Waals surface area contributed by atoms with Crippen LogP contribution in [0.15, 0.2) is 11.5 Å². The molecule has 0 spiro atoms. The van der Waals surface area contributed by atoms with Gasteiger partial charge in [0.05, 0.1) is 5.25 Å². The van der Waals surface area contributed by atoms with Crippen LogP contribution in [-0.4, -0.2) is 36.1 Å². The Morgan fingerprint density at radius 1 is 1.38 bits per heavy atom. The van der Waals surface area contributed by atoms with Crippen molar-refractivity contribution in [1.29, 1.82) is 0 Å². The fraction of sp³-hybridized carbons (Fsp3) is 0.583. The van der Waals surface area contributed by atoms with Gasteiger partial charge in [0.25, 0.3) is 0 Å². The van der Waals surface area contributed by atoms with Crippen molar-refractivity contribution in [2.45, 2.75) is 37.6 Å². The van der Waals surface area contributed by atoms with E-state index < -0.39 is 0 Å². The standard InChI is InChI=1S/C12H18N6OS2/c1-7(2)5-9-15-16-11(21-9)14-10(19)8(3)20-12-17-13-6-18(12)4/h6-8H,5H2,1-4H3,(H,14,16,19). The molecule has 1 atom stereocenters. The Balaban J connectivity index is 1.91. The van der Waals surface area contributed by atoms with Crippen molar-refractivity contribution < 1.29 is 4.79 Å². The fourth-order valence-electron chi connectivity index (χ4n) is 1.53. The minimum absolute atomic E-state index is 0.116. The molecule has 0 aliphatic heterocycles. The Morgan fingerprint density at radius 3 is 2.76 bits per heavy atom. The number of aromatic nitrogens is 5. The summed E-state index contributed by atoms with van der Waals surface area (Å²) >= 11 is 2.78. The summed E-state index contributed by atoms with van der Waals surface area (Å²) in [5, 5.41) is 20.5. The van der Waals surface area contributed by atoms with Crippen molar-refractivity contribution in [1.82, 2.24) is 25.0 Å². The van der Waals surface area contributed by atoms with Crippen molar-refractivity contribution >= 4 is 34.1 Å². The molecule has 2 aromatic heterocycles. The molecule has 0 saturated heterocycles. The molecule has 9 heteroatoms. The number of rotatable bonds is 6. The average molecular weight is 326 g/mol. The first-order valence-corrected chi connectivity index (χ1v) is 8.29. The summed E-state index contributed by atoms with van der Waals surface area (Å²) in [5.74, 6) is 0.405. The Kier molecular flexibility index (Phi) is 5.29. The number of nitrogens with one attached hydrogen (secondary N) is 1. The molecule has 2 aromatic rings. The number of hydrogen-bond acceptors (Lipinski definition) is 7. The summed E-state index contributed by atoms with van der Waals surface area (Å²) in [6.45, 7) is 6.07. The SMILES string of the molecule is CC(C)Cc1nnc(NC(=O)C(C)Sc2nncn2C)s1. The number of thioether (sulfide) groups is 1. The summed E-state index contributed by atoms with van der Waals surface area (Å²) < 4.78 is 1.78. The molecule has 21 heavy (non-hydrogen) atoms. The van der Waals surface area contributed by atoms with Crippen LogP contribution in [0.3, 0.4) is 0 Å². The van der Waals surface area contributed by atoms with E-state index in [0.717, 1.165) is 11.4 Å². The smallest absolute Gasteiger partial charge is 0.239 e. The van der Waals surface area contributed by atoms with Crippen LogP contribution in [0.25, 0.3) is 0 Å². The maximum absolute atomic E-state index is 12.1. The van der Waals surface area contributed by atoms with Gasteiger partial charge in [-0.1, -0.05) is 36.9 Å². The van der Waals surface area contributed by atoms with E-state index in [1.165, 1.54) is 23.1 Å². The highest BCUT2D eigenvalue weighted by Gasteiger charge is 2.18. The molecular formula is C12H18N6OS2. The molecule has 1 unspecified atom stereocenters. The number of aryl methyl sites for hydroxylation is 1.